The fraction of sp³-hybridized carbons (Fsp3) is 0.400. The van der Waals surface area contributed by atoms with Crippen molar-refractivity contribution in [3.8, 4) is 0 Å². The van der Waals surface area contributed by atoms with Gasteiger partial charge >= 0.3 is 0 Å². The second kappa shape index (κ2) is 2.26. The largest absolute Gasteiger partial charge is 0.382 e. The van der Waals surface area contributed by atoms with Gasteiger partial charge in [0.2, 0.25) is 0 Å². The van der Waals surface area contributed by atoms with Gasteiger partial charge in [0.1, 0.15) is 0 Å². The van der Waals surface area contributed by atoms with E-state index in [0.717, 1.165) is 0 Å². The third-order valence-corrected chi connectivity index (χ3v) is 2.58. The lowest BCUT2D eigenvalue weighted by Gasteiger charge is -2.08. The van der Waals surface area contributed by atoms with Gasteiger partial charge in [-0.1, -0.05) is 25.1 Å². The number of nitrogens with one attached hydrogen (secondary N) is 1. The highest BCUT2D eigenvalue weighted by molar-refractivity contribution is 5.58. The molecule has 1 nitrogen and oxygen atoms in total. The second-order valence-corrected chi connectivity index (χ2v) is 3.31. The summed E-state index contributed by atoms with van der Waals surface area (Å²) in [5.74, 6) is 0.659. The van der Waals surface area contributed by atoms with Gasteiger partial charge in [-0.3, -0.25) is 0 Å². The lowest BCUT2D eigenvalue weighted by atomic mass is 9.99. The molecule has 1 aliphatic rings. The van der Waals surface area contributed by atoms with Crippen molar-refractivity contribution in [1.29, 1.82) is 0 Å². The zero-order valence-corrected chi connectivity index (χ0v) is 6.96. The molecular formula is C10H13N. The highest BCUT2D eigenvalue weighted by atomic mass is 15.0. The van der Waals surface area contributed by atoms with Crippen molar-refractivity contribution in [2.75, 3.05) is 5.32 Å². The Bertz CT molecular complexity index is 267. The molecule has 0 bridgehead atoms. The molecule has 1 heteroatoms. The molecule has 0 radical (unpaired) electrons. The summed E-state index contributed by atoms with van der Waals surface area (Å²) in [7, 11) is 0. The van der Waals surface area contributed by atoms with Gasteiger partial charge in [0.25, 0.3) is 0 Å². The fourth-order valence-corrected chi connectivity index (χ4v) is 1.67. The summed E-state index contributed by atoms with van der Waals surface area (Å²) in [6, 6.07) is 9.13. The standard InChI is InChI=1S/C10H13N/c1-7-8(2)11-10-6-4-3-5-9(7)10/h3-8,11H,1-2H3/t7-,8?/m1/s1. The van der Waals surface area contributed by atoms with Gasteiger partial charge in [0, 0.05) is 17.6 Å². The van der Waals surface area contributed by atoms with Gasteiger partial charge in [0.15, 0.2) is 0 Å². The van der Waals surface area contributed by atoms with Crippen LogP contribution in [-0.4, -0.2) is 6.04 Å². The summed E-state index contributed by atoms with van der Waals surface area (Å²) in [4.78, 5) is 0. The maximum absolute atomic E-state index is 3.45. The first-order chi connectivity index (χ1) is 5.29. The molecular weight excluding hydrogens is 134 g/mol. The van der Waals surface area contributed by atoms with E-state index in [9.17, 15) is 0 Å². The summed E-state index contributed by atoms with van der Waals surface area (Å²) in [5.41, 5.74) is 2.77. The van der Waals surface area contributed by atoms with E-state index in [1.807, 2.05) is 0 Å². The molecule has 1 aromatic rings. The molecule has 0 amide bonds. The minimum absolute atomic E-state index is 0.590. The van der Waals surface area contributed by atoms with Crippen LogP contribution in [0.5, 0.6) is 0 Å². The van der Waals surface area contributed by atoms with Crippen LogP contribution >= 0.6 is 0 Å². The van der Waals surface area contributed by atoms with E-state index in [2.05, 4.69) is 43.4 Å². The summed E-state index contributed by atoms with van der Waals surface area (Å²) in [6.07, 6.45) is 0. The predicted molar refractivity (Wildman–Crippen MR) is 47.9 cm³/mol. The molecule has 0 aromatic heterocycles. The van der Waals surface area contributed by atoms with Crippen LogP contribution in [0.15, 0.2) is 24.3 Å². The fourth-order valence-electron chi connectivity index (χ4n) is 1.67. The van der Waals surface area contributed by atoms with Gasteiger partial charge in [-0.05, 0) is 18.6 Å². The van der Waals surface area contributed by atoms with E-state index in [-0.39, 0.29) is 0 Å². The normalized spacial score (nSPS) is 27.8. The molecule has 11 heavy (non-hydrogen) atoms. The second-order valence-electron chi connectivity index (χ2n) is 3.31. The first-order valence-corrected chi connectivity index (χ1v) is 4.14. The minimum atomic E-state index is 0.590. The molecule has 1 N–H and O–H groups in total. The first-order valence-electron chi connectivity index (χ1n) is 4.14. The van der Waals surface area contributed by atoms with E-state index in [4.69, 9.17) is 0 Å². The molecule has 1 aliphatic heterocycles. The Kier molecular flexibility index (Phi) is 1.38. The molecule has 0 fully saturated rings. The maximum atomic E-state index is 3.45. The number of hydrogen-bond donors (Lipinski definition) is 1. The summed E-state index contributed by atoms with van der Waals surface area (Å²) in [5, 5.41) is 3.45. The lowest BCUT2D eigenvalue weighted by molar-refractivity contribution is 0.690. The van der Waals surface area contributed by atoms with Crippen molar-refractivity contribution in [3.05, 3.63) is 29.8 Å². The monoisotopic (exact) mass is 147 g/mol. The van der Waals surface area contributed by atoms with Crippen LogP contribution in [-0.2, 0) is 0 Å². The molecule has 0 aliphatic carbocycles. The van der Waals surface area contributed by atoms with Crippen LogP contribution in [0.25, 0.3) is 0 Å². The molecule has 1 unspecified atom stereocenters. The van der Waals surface area contributed by atoms with E-state index in [1.165, 1.54) is 11.3 Å². The molecule has 58 valence electrons. The van der Waals surface area contributed by atoms with Crippen molar-refractivity contribution in [3.63, 3.8) is 0 Å². The molecule has 2 rings (SSSR count). The number of benzene rings is 1. The Morgan fingerprint density at radius 3 is 2.64 bits per heavy atom. The van der Waals surface area contributed by atoms with Gasteiger partial charge in [0.05, 0.1) is 0 Å². The Morgan fingerprint density at radius 2 is 1.91 bits per heavy atom. The van der Waals surface area contributed by atoms with Crippen LogP contribution in [0.2, 0.25) is 0 Å². The number of hydrogen-bond acceptors (Lipinski definition) is 1. The Labute approximate surface area is 67.4 Å². The van der Waals surface area contributed by atoms with E-state index >= 15 is 0 Å². The van der Waals surface area contributed by atoms with Crippen molar-refractivity contribution in [2.45, 2.75) is 25.8 Å². The Morgan fingerprint density at radius 1 is 1.18 bits per heavy atom. The number of rotatable bonds is 0. The first kappa shape index (κ1) is 6.71. The summed E-state index contributed by atoms with van der Waals surface area (Å²) >= 11 is 0. The van der Waals surface area contributed by atoms with Gasteiger partial charge in [-0.2, -0.15) is 0 Å². The quantitative estimate of drug-likeness (QED) is 0.594. The minimum Gasteiger partial charge on any atom is -0.382 e. The Hall–Kier alpha value is -0.980. The summed E-state index contributed by atoms with van der Waals surface area (Å²) < 4.78 is 0. The average molecular weight is 147 g/mol. The van der Waals surface area contributed by atoms with Gasteiger partial charge < -0.3 is 5.32 Å². The summed E-state index contributed by atoms with van der Waals surface area (Å²) in [6.45, 7) is 4.49. The third kappa shape index (κ3) is 0.917. The number of para-hydroxylation sites is 1. The highest BCUT2D eigenvalue weighted by Crippen LogP contribution is 2.34. The van der Waals surface area contributed by atoms with Crippen molar-refractivity contribution in [2.24, 2.45) is 0 Å². The van der Waals surface area contributed by atoms with Crippen LogP contribution < -0.4 is 5.32 Å². The maximum Gasteiger partial charge on any atom is 0.0378 e. The number of anilines is 1. The van der Waals surface area contributed by atoms with Gasteiger partial charge in [-0.25, -0.2) is 0 Å². The molecule has 0 saturated heterocycles. The van der Waals surface area contributed by atoms with E-state index in [1.54, 1.807) is 0 Å². The van der Waals surface area contributed by atoms with Gasteiger partial charge in [-0.15, -0.1) is 0 Å². The van der Waals surface area contributed by atoms with Crippen molar-refractivity contribution in [1.82, 2.24) is 0 Å². The van der Waals surface area contributed by atoms with Crippen LogP contribution in [0.4, 0.5) is 5.69 Å². The highest BCUT2D eigenvalue weighted by Gasteiger charge is 2.23. The van der Waals surface area contributed by atoms with E-state index < -0.39 is 0 Å². The van der Waals surface area contributed by atoms with Crippen LogP contribution in [0.3, 0.4) is 0 Å². The molecule has 2 atom stereocenters. The predicted octanol–water partition coefficient (Wildman–Crippen LogP) is 2.60. The Balaban J connectivity index is 2.47. The zero-order chi connectivity index (χ0) is 7.84. The van der Waals surface area contributed by atoms with E-state index in [0.29, 0.717) is 12.0 Å². The smallest absolute Gasteiger partial charge is 0.0378 e. The van der Waals surface area contributed by atoms with Crippen LogP contribution in [0.1, 0.15) is 25.3 Å². The molecule has 1 aromatic carbocycles. The topological polar surface area (TPSA) is 12.0 Å². The zero-order valence-electron chi connectivity index (χ0n) is 6.96. The van der Waals surface area contributed by atoms with Crippen molar-refractivity contribution < 1.29 is 0 Å². The molecule has 0 spiro atoms. The number of fused-ring (bicyclic) bond motifs is 1. The molecule has 0 saturated carbocycles. The lowest BCUT2D eigenvalue weighted by Crippen LogP contribution is -2.12. The SMILES string of the molecule is CC1Nc2ccccc2[C@@H]1C. The van der Waals surface area contributed by atoms with Crippen LogP contribution in [0, 0.1) is 0 Å². The third-order valence-electron chi connectivity index (χ3n) is 2.58. The van der Waals surface area contributed by atoms with Crippen molar-refractivity contribution >= 4 is 5.69 Å². The molecule has 1 heterocycles. The average Bonchev–Trinajstić information content (AvgIpc) is 2.30.